The maximum absolute atomic E-state index is 12.2. The summed E-state index contributed by atoms with van der Waals surface area (Å²) in [5.74, 6) is 0. The van der Waals surface area contributed by atoms with Gasteiger partial charge in [0.1, 0.15) is 0 Å². The molecule has 3 rings (SSSR count). The van der Waals surface area contributed by atoms with Gasteiger partial charge in [0, 0.05) is 23.4 Å². The van der Waals surface area contributed by atoms with E-state index in [9.17, 15) is 14.9 Å². The Morgan fingerprint density at radius 3 is 2.27 bits per heavy atom. The summed E-state index contributed by atoms with van der Waals surface area (Å²) in [6, 6.07) is 15.2. The summed E-state index contributed by atoms with van der Waals surface area (Å²) in [6.45, 7) is 0. The van der Waals surface area contributed by atoms with E-state index in [0.717, 1.165) is 0 Å². The van der Waals surface area contributed by atoms with Crippen molar-refractivity contribution in [2.24, 2.45) is 0 Å². The lowest BCUT2D eigenvalue weighted by atomic mass is 10.1. The van der Waals surface area contributed by atoms with E-state index in [2.05, 4.69) is 4.98 Å². The van der Waals surface area contributed by atoms with Crippen molar-refractivity contribution in [1.82, 2.24) is 9.55 Å². The Hall–Kier alpha value is -3.28. The molecular formula is C16H11N3O3. The third-order valence-electron chi connectivity index (χ3n) is 3.23. The molecule has 0 saturated heterocycles. The highest BCUT2D eigenvalue weighted by molar-refractivity contribution is 5.63. The van der Waals surface area contributed by atoms with Crippen molar-refractivity contribution in [3.63, 3.8) is 0 Å². The summed E-state index contributed by atoms with van der Waals surface area (Å²) in [4.78, 5) is 26.4. The number of hydrogen-bond donors (Lipinski definition) is 0. The first-order valence-electron chi connectivity index (χ1n) is 6.54. The monoisotopic (exact) mass is 293 g/mol. The number of rotatable bonds is 3. The fourth-order valence-electron chi connectivity index (χ4n) is 2.21. The summed E-state index contributed by atoms with van der Waals surface area (Å²) in [6.07, 6.45) is 2.80. The Labute approximate surface area is 125 Å². The number of para-hydroxylation sites is 1. The first-order valence-corrected chi connectivity index (χ1v) is 6.54. The van der Waals surface area contributed by atoms with Gasteiger partial charge in [0.25, 0.3) is 11.2 Å². The van der Waals surface area contributed by atoms with Gasteiger partial charge in [-0.25, -0.2) is 0 Å². The molecule has 0 amide bonds. The van der Waals surface area contributed by atoms with Crippen LogP contribution in [0.25, 0.3) is 16.9 Å². The molecule has 0 spiro atoms. The molecule has 2 aromatic carbocycles. The van der Waals surface area contributed by atoms with Gasteiger partial charge in [0.2, 0.25) is 0 Å². The zero-order chi connectivity index (χ0) is 15.5. The molecule has 0 unspecified atom stereocenters. The van der Waals surface area contributed by atoms with E-state index in [0.29, 0.717) is 16.9 Å². The molecule has 0 atom stereocenters. The molecule has 0 aliphatic rings. The minimum atomic E-state index is -0.461. The van der Waals surface area contributed by atoms with Gasteiger partial charge < -0.3 is 0 Å². The molecule has 0 N–H and O–H groups in total. The summed E-state index contributed by atoms with van der Waals surface area (Å²) in [5, 5.41) is 10.7. The van der Waals surface area contributed by atoms with Gasteiger partial charge in [-0.05, 0) is 24.3 Å². The molecule has 22 heavy (non-hydrogen) atoms. The first-order chi connectivity index (χ1) is 10.7. The van der Waals surface area contributed by atoms with Gasteiger partial charge in [-0.1, -0.05) is 18.2 Å². The van der Waals surface area contributed by atoms with Gasteiger partial charge >= 0.3 is 0 Å². The van der Waals surface area contributed by atoms with Crippen molar-refractivity contribution < 1.29 is 4.92 Å². The fourth-order valence-corrected chi connectivity index (χ4v) is 2.21. The van der Waals surface area contributed by atoms with Crippen LogP contribution in [0.15, 0.2) is 71.8 Å². The minimum Gasteiger partial charge on any atom is -0.274 e. The zero-order valence-corrected chi connectivity index (χ0v) is 11.4. The number of hydrogen-bond acceptors (Lipinski definition) is 4. The maximum atomic E-state index is 12.2. The zero-order valence-electron chi connectivity index (χ0n) is 11.4. The van der Waals surface area contributed by atoms with Crippen LogP contribution < -0.4 is 5.56 Å². The largest absolute Gasteiger partial charge is 0.274 e. The number of nitro benzene ring substituents is 1. The third-order valence-corrected chi connectivity index (χ3v) is 3.23. The molecule has 0 saturated carbocycles. The van der Waals surface area contributed by atoms with E-state index < -0.39 is 4.92 Å². The molecule has 0 bridgehead atoms. The number of aromatic nitrogens is 2. The van der Waals surface area contributed by atoms with Crippen molar-refractivity contribution >= 4 is 5.69 Å². The van der Waals surface area contributed by atoms with Crippen LogP contribution in [-0.2, 0) is 0 Å². The van der Waals surface area contributed by atoms with Gasteiger partial charge in [0.15, 0.2) is 0 Å². The highest BCUT2D eigenvalue weighted by atomic mass is 16.6. The molecule has 1 aromatic heterocycles. The van der Waals surface area contributed by atoms with E-state index in [4.69, 9.17) is 0 Å². The fraction of sp³-hybridized carbons (Fsp3) is 0. The van der Waals surface area contributed by atoms with Gasteiger partial charge in [-0.15, -0.1) is 0 Å². The summed E-state index contributed by atoms with van der Waals surface area (Å²) >= 11 is 0. The molecule has 0 fully saturated rings. The van der Waals surface area contributed by atoms with Gasteiger partial charge in [-0.3, -0.25) is 24.5 Å². The summed E-state index contributed by atoms with van der Waals surface area (Å²) < 4.78 is 1.52. The molecule has 0 aliphatic carbocycles. The number of benzene rings is 2. The van der Waals surface area contributed by atoms with Crippen molar-refractivity contribution in [2.45, 2.75) is 0 Å². The van der Waals surface area contributed by atoms with E-state index in [-0.39, 0.29) is 11.2 Å². The summed E-state index contributed by atoms with van der Waals surface area (Å²) in [5.41, 5.74) is 1.71. The smallest absolute Gasteiger partial charge is 0.274 e. The van der Waals surface area contributed by atoms with E-state index in [1.54, 1.807) is 18.3 Å². The molecular weight excluding hydrogens is 282 g/mol. The van der Waals surface area contributed by atoms with Gasteiger partial charge in [0.05, 0.1) is 23.0 Å². The second kappa shape index (κ2) is 5.61. The Morgan fingerprint density at radius 1 is 0.955 bits per heavy atom. The molecule has 6 heteroatoms. The molecule has 3 aromatic rings. The summed E-state index contributed by atoms with van der Waals surface area (Å²) in [7, 11) is 0. The van der Waals surface area contributed by atoms with Crippen LogP contribution in [0.3, 0.4) is 0 Å². The van der Waals surface area contributed by atoms with Crippen LogP contribution in [0, 0.1) is 10.1 Å². The number of nitro groups is 1. The average molecular weight is 293 g/mol. The van der Waals surface area contributed by atoms with Crippen LogP contribution in [0.2, 0.25) is 0 Å². The molecule has 6 nitrogen and oxygen atoms in total. The maximum Gasteiger partial charge on any atom is 0.274 e. The number of nitrogens with zero attached hydrogens (tertiary/aromatic N) is 3. The normalized spacial score (nSPS) is 10.4. The number of non-ortho nitro benzene ring substituents is 1. The second-order valence-electron chi connectivity index (χ2n) is 4.61. The van der Waals surface area contributed by atoms with Crippen LogP contribution >= 0.6 is 0 Å². The quantitative estimate of drug-likeness (QED) is 0.549. The molecule has 0 radical (unpaired) electrons. The van der Waals surface area contributed by atoms with Crippen LogP contribution in [0.4, 0.5) is 5.69 Å². The molecule has 0 aliphatic heterocycles. The average Bonchev–Trinajstić information content (AvgIpc) is 2.55. The minimum absolute atomic E-state index is 0.00116. The van der Waals surface area contributed by atoms with Crippen LogP contribution in [0.1, 0.15) is 0 Å². The van der Waals surface area contributed by atoms with Crippen LogP contribution in [0.5, 0.6) is 0 Å². The van der Waals surface area contributed by atoms with Gasteiger partial charge in [-0.2, -0.15) is 0 Å². The third kappa shape index (κ3) is 2.49. The van der Waals surface area contributed by atoms with E-state index in [1.807, 2.05) is 30.3 Å². The highest BCUT2D eigenvalue weighted by Gasteiger charge is 2.11. The topological polar surface area (TPSA) is 78.0 Å². The van der Waals surface area contributed by atoms with Crippen LogP contribution in [-0.4, -0.2) is 14.5 Å². The first kappa shape index (κ1) is 13.7. The van der Waals surface area contributed by atoms with Crippen molar-refractivity contribution in [1.29, 1.82) is 0 Å². The predicted octanol–water partition coefficient (Wildman–Crippen LogP) is 2.81. The SMILES string of the molecule is O=c1cncc(-c2ccc([N+](=O)[O-])cc2)n1-c1ccccc1. The molecule has 1 heterocycles. The Kier molecular flexibility index (Phi) is 3.49. The Morgan fingerprint density at radius 2 is 1.64 bits per heavy atom. The van der Waals surface area contributed by atoms with E-state index >= 15 is 0 Å². The lowest BCUT2D eigenvalue weighted by molar-refractivity contribution is -0.384. The van der Waals surface area contributed by atoms with Crippen molar-refractivity contribution in [3.8, 4) is 16.9 Å². The Bertz CT molecular complexity index is 871. The lowest BCUT2D eigenvalue weighted by Crippen LogP contribution is -2.19. The Balaban J connectivity index is 2.18. The van der Waals surface area contributed by atoms with E-state index in [1.165, 1.54) is 22.9 Å². The second-order valence-corrected chi connectivity index (χ2v) is 4.61. The molecule has 108 valence electrons. The standard InChI is InChI=1S/C16H11N3O3/c20-16-11-17-10-15(18(16)13-4-2-1-3-5-13)12-6-8-14(9-7-12)19(21)22/h1-11H. The lowest BCUT2D eigenvalue weighted by Gasteiger charge is -2.12. The highest BCUT2D eigenvalue weighted by Crippen LogP contribution is 2.22. The van der Waals surface area contributed by atoms with Crippen molar-refractivity contribution in [3.05, 3.63) is 87.5 Å². The van der Waals surface area contributed by atoms with Crippen molar-refractivity contribution in [2.75, 3.05) is 0 Å². The predicted molar refractivity (Wildman–Crippen MR) is 81.9 cm³/mol.